The van der Waals surface area contributed by atoms with Crippen molar-refractivity contribution in [1.29, 1.82) is 0 Å². The first-order valence-corrected chi connectivity index (χ1v) is 4.12. The van der Waals surface area contributed by atoms with Gasteiger partial charge in [0, 0.05) is 0 Å². The van der Waals surface area contributed by atoms with E-state index in [0.717, 1.165) is 24.3 Å². The lowest BCUT2D eigenvalue weighted by Gasteiger charge is -1.92. The highest BCUT2D eigenvalue weighted by Gasteiger charge is 2.46. The van der Waals surface area contributed by atoms with Crippen molar-refractivity contribution in [3.63, 3.8) is 0 Å². The van der Waals surface area contributed by atoms with Crippen molar-refractivity contribution < 1.29 is 0 Å². The second-order valence-electron chi connectivity index (χ2n) is 3.57. The fourth-order valence-corrected chi connectivity index (χ4v) is 1.92. The molecule has 9 heavy (non-hydrogen) atoms. The van der Waals surface area contributed by atoms with E-state index in [0.29, 0.717) is 0 Å². The predicted octanol–water partition coefficient (Wildman–Crippen LogP) is 1.38. The molecule has 0 bridgehead atoms. The van der Waals surface area contributed by atoms with E-state index in [1.54, 1.807) is 0 Å². The van der Waals surface area contributed by atoms with Gasteiger partial charge in [0.1, 0.15) is 0 Å². The van der Waals surface area contributed by atoms with E-state index < -0.39 is 0 Å². The molecule has 2 atom stereocenters. The maximum absolute atomic E-state index is 5.45. The fourth-order valence-electron chi connectivity index (χ4n) is 1.92. The van der Waals surface area contributed by atoms with Crippen molar-refractivity contribution >= 4 is 0 Å². The van der Waals surface area contributed by atoms with E-state index in [1.807, 2.05) is 0 Å². The van der Waals surface area contributed by atoms with Crippen LogP contribution in [0.15, 0.2) is 0 Å². The Morgan fingerprint density at radius 1 is 1.33 bits per heavy atom. The van der Waals surface area contributed by atoms with Gasteiger partial charge in [0.15, 0.2) is 0 Å². The predicted molar refractivity (Wildman–Crippen MR) is 38.0 cm³/mol. The third-order valence-corrected chi connectivity index (χ3v) is 2.74. The van der Waals surface area contributed by atoms with Crippen LogP contribution in [0.4, 0.5) is 0 Å². The van der Waals surface area contributed by atoms with Crippen LogP contribution in [0.3, 0.4) is 0 Å². The number of rotatable bonds is 3. The molecule has 2 N–H and O–H groups in total. The zero-order chi connectivity index (χ0) is 6.27. The summed E-state index contributed by atoms with van der Waals surface area (Å²) >= 11 is 0. The van der Waals surface area contributed by atoms with Crippen LogP contribution in [0.2, 0.25) is 0 Å². The summed E-state index contributed by atoms with van der Waals surface area (Å²) in [6.45, 7) is 0.911. The van der Waals surface area contributed by atoms with Gasteiger partial charge in [0.05, 0.1) is 0 Å². The Morgan fingerprint density at radius 2 is 2.11 bits per heavy atom. The lowest BCUT2D eigenvalue weighted by Crippen LogP contribution is -2.00. The molecule has 1 heteroatoms. The van der Waals surface area contributed by atoms with Crippen LogP contribution in [0.5, 0.6) is 0 Å². The molecule has 52 valence electrons. The molecule has 0 radical (unpaired) electrons. The zero-order valence-corrected chi connectivity index (χ0v) is 5.84. The molecule has 0 aromatic carbocycles. The molecule has 0 heterocycles. The molecule has 2 aliphatic rings. The van der Waals surface area contributed by atoms with E-state index in [-0.39, 0.29) is 0 Å². The van der Waals surface area contributed by atoms with Crippen LogP contribution in [0, 0.1) is 17.8 Å². The Hall–Kier alpha value is -0.0400. The molecule has 2 rings (SSSR count). The second kappa shape index (κ2) is 1.98. The van der Waals surface area contributed by atoms with Gasteiger partial charge in [-0.1, -0.05) is 0 Å². The smallest absolute Gasteiger partial charge is 0.00745 e. The summed E-state index contributed by atoms with van der Waals surface area (Å²) in [6, 6.07) is 0. The molecule has 2 saturated carbocycles. The lowest BCUT2D eigenvalue weighted by molar-refractivity contribution is 0.599. The van der Waals surface area contributed by atoms with Gasteiger partial charge in [0.25, 0.3) is 0 Å². The van der Waals surface area contributed by atoms with Gasteiger partial charge in [0.2, 0.25) is 0 Å². The van der Waals surface area contributed by atoms with Crippen molar-refractivity contribution in [2.75, 3.05) is 6.54 Å². The summed E-state index contributed by atoms with van der Waals surface area (Å²) in [4.78, 5) is 0. The molecular weight excluding hydrogens is 110 g/mol. The van der Waals surface area contributed by atoms with Crippen LogP contribution in [-0.2, 0) is 0 Å². The maximum atomic E-state index is 5.45. The first-order valence-electron chi connectivity index (χ1n) is 4.12. The largest absolute Gasteiger partial charge is 0.330 e. The van der Waals surface area contributed by atoms with Gasteiger partial charge in [-0.15, -0.1) is 0 Å². The van der Waals surface area contributed by atoms with Gasteiger partial charge in [-0.3, -0.25) is 0 Å². The molecule has 0 spiro atoms. The Labute approximate surface area is 56.6 Å². The number of hydrogen-bond acceptors (Lipinski definition) is 1. The summed E-state index contributed by atoms with van der Waals surface area (Å²) in [5.74, 6) is 3.30. The first kappa shape index (κ1) is 5.72. The molecule has 0 aliphatic heterocycles. The van der Waals surface area contributed by atoms with Gasteiger partial charge >= 0.3 is 0 Å². The summed E-state index contributed by atoms with van der Waals surface area (Å²) in [5, 5.41) is 0. The quantitative estimate of drug-likeness (QED) is 0.606. The van der Waals surface area contributed by atoms with Crippen LogP contribution in [-0.4, -0.2) is 6.54 Å². The van der Waals surface area contributed by atoms with Crippen molar-refractivity contribution in [2.45, 2.75) is 25.7 Å². The fraction of sp³-hybridized carbons (Fsp3) is 1.00. The Balaban J connectivity index is 1.69. The van der Waals surface area contributed by atoms with E-state index >= 15 is 0 Å². The monoisotopic (exact) mass is 125 g/mol. The Morgan fingerprint density at radius 3 is 2.67 bits per heavy atom. The van der Waals surface area contributed by atoms with E-state index in [4.69, 9.17) is 5.73 Å². The highest BCUT2D eigenvalue weighted by atomic mass is 14.6. The normalized spacial score (nSPS) is 41.0. The minimum absolute atomic E-state index is 0.911. The van der Waals surface area contributed by atoms with Crippen LogP contribution in [0.1, 0.15) is 25.7 Å². The third-order valence-electron chi connectivity index (χ3n) is 2.74. The van der Waals surface area contributed by atoms with E-state index in [9.17, 15) is 0 Å². The minimum atomic E-state index is 0.911. The number of nitrogens with two attached hydrogens (primary N) is 1. The van der Waals surface area contributed by atoms with E-state index in [1.165, 1.54) is 25.7 Å². The minimum Gasteiger partial charge on any atom is -0.330 e. The molecule has 2 aliphatic carbocycles. The average molecular weight is 125 g/mol. The van der Waals surface area contributed by atoms with E-state index in [2.05, 4.69) is 0 Å². The standard InChI is InChI=1S/C8H15N/c9-4-3-7-5-8(7)6-1-2-6/h6-8H,1-5,9H2/t7-,8+/m0/s1. The van der Waals surface area contributed by atoms with Crippen molar-refractivity contribution in [3.05, 3.63) is 0 Å². The van der Waals surface area contributed by atoms with Crippen molar-refractivity contribution in [3.8, 4) is 0 Å². The molecule has 0 aromatic heterocycles. The SMILES string of the molecule is NCC[C@H]1C[C@@H]1C1CC1. The molecule has 0 unspecified atom stereocenters. The third kappa shape index (κ3) is 1.11. The summed E-state index contributed by atoms with van der Waals surface area (Å²) in [7, 11) is 0. The summed E-state index contributed by atoms with van der Waals surface area (Å²) in [5.41, 5.74) is 5.45. The highest BCUT2D eigenvalue weighted by Crippen LogP contribution is 2.55. The van der Waals surface area contributed by atoms with Crippen LogP contribution >= 0.6 is 0 Å². The van der Waals surface area contributed by atoms with Gasteiger partial charge in [-0.25, -0.2) is 0 Å². The molecule has 0 amide bonds. The number of hydrogen-bond donors (Lipinski definition) is 1. The Bertz CT molecular complexity index is 107. The summed E-state index contributed by atoms with van der Waals surface area (Å²) < 4.78 is 0. The second-order valence-corrected chi connectivity index (χ2v) is 3.57. The lowest BCUT2D eigenvalue weighted by atomic mass is 10.2. The van der Waals surface area contributed by atoms with Gasteiger partial charge < -0.3 is 5.73 Å². The topological polar surface area (TPSA) is 26.0 Å². The molecule has 0 saturated heterocycles. The molecular formula is C8H15N. The van der Waals surface area contributed by atoms with Gasteiger partial charge in [-0.05, 0) is 50.0 Å². The maximum Gasteiger partial charge on any atom is -0.00745 e. The van der Waals surface area contributed by atoms with Crippen LogP contribution < -0.4 is 5.73 Å². The van der Waals surface area contributed by atoms with Crippen molar-refractivity contribution in [1.82, 2.24) is 0 Å². The molecule has 2 fully saturated rings. The van der Waals surface area contributed by atoms with Crippen LogP contribution in [0.25, 0.3) is 0 Å². The average Bonchev–Trinajstić information content (AvgIpc) is 2.58. The van der Waals surface area contributed by atoms with Gasteiger partial charge in [-0.2, -0.15) is 0 Å². The highest BCUT2D eigenvalue weighted by molar-refractivity contribution is 4.96. The first-order chi connectivity index (χ1) is 4.42. The summed E-state index contributed by atoms with van der Waals surface area (Å²) in [6.07, 6.45) is 5.83. The molecule has 1 nitrogen and oxygen atoms in total. The zero-order valence-electron chi connectivity index (χ0n) is 5.84. The van der Waals surface area contributed by atoms with Crippen molar-refractivity contribution in [2.24, 2.45) is 23.5 Å². The Kier molecular flexibility index (Phi) is 1.26. The molecule has 0 aromatic rings.